The summed E-state index contributed by atoms with van der Waals surface area (Å²) < 4.78 is 5.60. The molecule has 2 aliphatic rings. The number of hydrogen-bond donors (Lipinski definition) is 0. The number of para-hydroxylation sites is 1. The predicted molar refractivity (Wildman–Crippen MR) is 78.1 cm³/mol. The number of fused-ring (bicyclic) bond motifs is 1. The first-order valence-corrected chi connectivity index (χ1v) is 7.43. The zero-order valence-corrected chi connectivity index (χ0v) is 12.2. The molecule has 1 aromatic carbocycles. The summed E-state index contributed by atoms with van der Waals surface area (Å²) in [5, 5.41) is 0. The zero-order valence-electron chi connectivity index (χ0n) is 12.2. The number of ether oxygens (including phenoxy) is 1. The van der Waals surface area contributed by atoms with Crippen LogP contribution in [0.15, 0.2) is 24.3 Å². The highest BCUT2D eigenvalue weighted by Crippen LogP contribution is 2.34. The molecule has 0 spiro atoms. The molecule has 1 fully saturated rings. The molecule has 0 saturated carbocycles. The Labute approximate surface area is 124 Å². The van der Waals surface area contributed by atoms with Gasteiger partial charge in [-0.15, -0.1) is 0 Å². The van der Waals surface area contributed by atoms with E-state index in [1.807, 2.05) is 34.1 Å². The molecule has 112 valence electrons. The summed E-state index contributed by atoms with van der Waals surface area (Å²) in [7, 11) is 0. The van der Waals surface area contributed by atoms with Crippen LogP contribution < -0.4 is 4.74 Å². The van der Waals surface area contributed by atoms with E-state index in [1.165, 1.54) is 0 Å². The van der Waals surface area contributed by atoms with Gasteiger partial charge in [-0.1, -0.05) is 18.2 Å². The van der Waals surface area contributed by atoms with Crippen molar-refractivity contribution in [3.8, 4) is 5.75 Å². The first-order valence-electron chi connectivity index (χ1n) is 7.43. The lowest BCUT2D eigenvalue weighted by molar-refractivity contribution is -0.134. The Bertz CT molecular complexity index is 558. The van der Waals surface area contributed by atoms with Crippen LogP contribution >= 0.6 is 0 Å². The van der Waals surface area contributed by atoms with Crippen molar-refractivity contribution in [2.24, 2.45) is 0 Å². The second kappa shape index (κ2) is 5.76. The summed E-state index contributed by atoms with van der Waals surface area (Å²) in [6.45, 7) is 4.68. The van der Waals surface area contributed by atoms with Crippen LogP contribution in [0.3, 0.4) is 0 Å². The van der Waals surface area contributed by atoms with Gasteiger partial charge < -0.3 is 14.5 Å². The summed E-state index contributed by atoms with van der Waals surface area (Å²) in [4.78, 5) is 27.9. The highest BCUT2D eigenvalue weighted by molar-refractivity contribution is 5.85. The Balaban J connectivity index is 1.70. The maximum atomic E-state index is 12.7. The summed E-state index contributed by atoms with van der Waals surface area (Å²) in [6.07, 6.45) is 0.834. The molecule has 0 aliphatic carbocycles. The first kappa shape index (κ1) is 13.9. The van der Waals surface area contributed by atoms with Gasteiger partial charge in [-0.05, 0) is 12.5 Å². The van der Waals surface area contributed by atoms with E-state index in [9.17, 15) is 9.59 Å². The Hall–Kier alpha value is -2.04. The van der Waals surface area contributed by atoms with Gasteiger partial charge in [-0.3, -0.25) is 9.59 Å². The van der Waals surface area contributed by atoms with Gasteiger partial charge in [0.25, 0.3) is 0 Å². The van der Waals surface area contributed by atoms with Crippen LogP contribution in [-0.4, -0.2) is 54.4 Å². The molecule has 0 bridgehead atoms. The minimum atomic E-state index is -0.204. The second-order valence-electron chi connectivity index (χ2n) is 5.59. The number of carbonyl (C=O) groups is 2. The van der Waals surface area contributed by atoms with Crippen molar-refractivity contribution in [1.82, 2.24) is 9.80 Å². The molecule has 21 heavy (non-hydrogen) atoms. The van der Waals surface area contributed by atoms with E-state index in [0.29, 0.717) is 26.2 Å². The van der Waals surface area contributed by atoms with E-state index in [-0.39, 0.29) is 17.7 Å². The molecule has 5 nitrogen and oxygen atoms in total. The predicted octanol–water partition coefficient (Wildman–Crippen LogP) is 1.24. The Morgan fingerprint density at radius 2 is 1.81 bits per heavy atom. The number of nitrogens with zero attached hydrogens (tertiary/aromatic N) is 2. The lowest BCUT2D eigenvalue weighted by atomic mass is 10.00. The highest BCUT2D eigenvalue weighted by atomic mass is 16.5. The van der Waals surface area contributed by atoms with Crippen molar-refractivity contribution in [3.63, 3.8) is 0 Å². The van der Waals surface area contributed by atoms with Crippen molar-refractivity contribution >= 4 is 11.8 Å². The minimum absolute atomic E-state index is 0.0823. The lowest BCUT2D eigenvalue weighted by Crippen LogP contribution is -2.39. The van der Waals surface area contributed by atoms with Crippen molar-refractivity contribution in [3.05, 3.63) is 29.8 Å². The van der Waals surface area contributed by atoms with Crippen LogP contribution in [0.2, 0.25) is 0 Å². The Kier molecular flexibility index (Phi) is 3.82. The summed E-state index contributed by atoms with van der Waals surface area (Å²) in [6, 6.07) is 7.73. The van der Waals surface area contributed by atoms with E-state index in [0.717, 1.165) is 24.3 Å². The van der Waals surface area contributed by atoms with E-state index in [1.54, 1.807) is 6.92 Å². The third-order valence-corrected chi connectivity index (χ3v) is 4.25. The molecule has 0 aromatic heterocycles. The molecule has 2 heterocycles. The van der Waals surface area contributed by atoms with Gasteiger partial charge in [-0.25, -0.2) is 0 Å². The molecular formula is C16H20N2O3. The summed E-state index contributed by atoms with van der Waals surface area (Å²) in [5.74, 6) is 0.810. The average Bonchev–Trinajstić information content (AvgIpc) is 2.75. The van der Waals surface area contributed by atoms with E-state index in [2.05, 4.69) is 0 Å². The van der Waals surface area contributed by atoms with Crippen molar-refractivity contribution in [2.45, 2.75) is 19.3 Å². The van der Waals surface area contributed by atoms with E-state index >= 15 is 0 Å². The van der Waals surface area contributed by atoms with Crippen LogP contribution in [0, 0.1) is 0 Å². The molecule has 0 N–H and O–H groups in total. The van der Waals surface area contributed by atoms with Crippen molar-refractivity contribution in [1.29, 1.82) is 0 Å². The van der Waals surface area contributed by atoms with Crippen molar-refractivity contribution < 1.29 is 14.3 Å². The normalized spacial score (nSPS) is 21.5. The number of carbonyl (C=O) groups excluding carboxylic acids is 2. The molecule has 2 aliphatic heterocycles. The second-order valence-corrected chi connectivity index (χ2v) is 5.59. The third kappa shape index (κ3) is 2.73. The summed E-state index contributed by atoms with van der Waals surface area (Å²) in [5.41, 5.74) is 0.982. The van der Waals surface area contributed by atoms with Gasteiger partial charge in [0.15, 0.2) is 0 Å². The SMILES string of the molecule is CC(=O)N1CCCN(C(=O)[C@@H]2COc3ccccc32)CC1. The lowest BCUT2D eigenvalue weighted by Gasteiger charge is -2.24. The molecule has 3 rings (SSSR count). The maximum absolute atomic E-state index is 12.7. The standard InChI is InChI=1S/C16H20N2O3/c1-12(19)17-7-4-8-18(10-9-17)16(20)14-11-21-15-6-3-2-5-13(14)15/h2-3,5-6,14H,4,7-11H2,1H3/t14-/m1/s1. The van der Waals surface area contributed by atoms with Crippen LogP contribution in [0.1, 0.15) is 24.8 Å². The topological polar surface area (TPSA) is 49.9 Å². The van der Waals surface area contributed by atoms with Gasteiger partial charge in [0.1, 0.15) is 18.3 Å². The molecule has 0 radical (unpaired) electrons. The minimum Gasteiger partial charge on any atom is -0.492 e. The highest BCUT2D eigenvalue weighted by Gasteiger charge is 2.33. The van der Waals surface area contributed by atoms with E-state index < -0.39 is 0 Å². The fourth-order valence-electron chi connectivity index (χ4n) is 3.04. The van der Waals surface area contributed by atoms with Crippen LogP contribution in [0.4, 0.5) is 0 Å². The number of rotatable bonds is 1. The van der Waals surface area contributed by atoms with Crippen LogP contribution in [0.5, 0.6) is 5.75 Å². The Morgan fingerprint density at radius 1 is 1.10 bits per heavy atom. The van der Waals surface area contributed by atoms with Gasteiger partial charge in [-0.2, -0.15) is 0 Å². The largest absolute Gasteiger partial charge is 0.492 e. The molecule has 1 atom stereocenters. The molecule has 2 amide bonds. The molecule has 1 saturated heterocycles. The number of amides is 2. The fourth-order valence-corrected chi connectivity index (χ4v) is 3.04. The van der Waals surface area contributed by atoms with Crippen LogP contribution in [-0.2, 0) is 9.59 Å². The third-order valence-electron chi connectivity index (χ3n) is 4.25. The number of benzene rings is 1. The fraction of sp³-hybridized carbons (Fsp3) is 0.500. The van der Waals surface area contributed by atoms with Crippen LogP contribution in [0.25, 0.3) is 0 Å². The summed E-state index contributed by atoms with van der Waals surface area (Å²) >= 11 is 0. The van der Waals surface area contributed by atoms with Gasteiger partial charge in [0.05, 0.1) is 0 Å². The van der Waals surface area contributed by atoms with Gasteiger partial charge >= 0.3 is 0 Å². The molecular weight excluding hydrogens is 268 g/mol. The number of hydrogen-bond acceptors (Lipinski definition) is 3. The zero-order chi connectivity index (χ0) is 14.8. The van der Waals surface area contributed by atoms with Crippen molar-refractivity contribution in [2.75, 3.05) is 32.8 Å². The smallest absolute Gasteiger partial charge is 0.233 e. The molecule has 1 aromatic rings. The molecule has 0 unspecified atom stereocenters. The Morgan fingerprint density at radius 3 is 2.62 bits per heavy atom. The maximum Gasteiger partial charge on any atom is 0.233 e. The van der Waals surface area contributed by atoms with Gasteiger partial charge in [0.2, 0.25) is 11.8 Å². The van der Waals surface area contributed by atoms with E-state index in [4.69, 9.17) is 4.74 Å². The van der Waals surface area contributed by atoms with Gasteiger partial charge in [0, 0.05) is 38.7 Å². The monoisotopic (exact) mass is 288 g/mol. The molecule has 5 heteroatoms. The average molecular weight is 288 g/mol. The quantitative estimate of drug-likeness (QED) is 0.781. The first-order chi connectivity index (χ1) is 10.2.